The van der Waals surface area contributed by atoms with Gasteiger partial charge >= 0.3 is 8.72 Å². The van der Waals surface area contributed by atoms with Crippen molar-refractivity contribution in [3.05, 3.63) is 98.1 Å². The topological polar surface area (TPSA) is 71.3 Å². The van der Waals surface area contributed by atoms with Gasteiger partial charge in [0, 0.05) is 93.2 Å². The lowest BCUT2D eigenvalue weighted by Gasteiger charge is -2.32. The van der Waals surface area contributed by atoms with Gasteiger partial charge in [-0.05, 0) is 48.5 Å². The van der Waals surface area contributed by atoms with Gasteiger partial charge in [-0.2, -0.15) is 0 Å². The Hall–Kier alpha value is -5.02. The molecule has 0 fully saturated rings. The molecule has 8 nitrogen and oxygen atoms in total. The zero-order valence-corrected chi connectivity index (χ0v) is 20.3. The Labute approximate surface area is 210 Å². The van der Waals surface area contributed by atoms with Crippen LogP contribution in [-0.4, -0.2) is 45.6 Å². The van der Waals surface area contributed by atoms with Crippen molar-refractivity contribution >= 4 is 52.3 Å². The molecule has 0 bridgehead atoms. The van der Waals surface area contributed by atoms with Crippen LogP contribution in [-0.2, 0) is 0 Å². The quantitative estimate of drug-likeness (QED) is 0.280. The van der Waals surface area contributed by atoms with Gasteiger partial charge in [-0.1, -0.05) is 0 Å². The summed E-state index contributed by atoms with van der Waals surface area (Å²) in [6.07, 6.45) is 15.5. The maximum absolute atomic E-state index is 4.46. The number of hydrogen-bond donors (Lipinski definition) is 0. The molecular weight excluding hydrogens is 476 g/mol. The molecule has 9 heteroatoms. The van der Waals surface area contributed by atoms with Crippen molar-refractivity contribution < 1.29 is 0 Å². The summed E-state index contributed by atoms with van der Waals surface area (Å²) in [5, 5.41) is 4.58. The van der Waals surface area contributed by atoms with Gasteiger partial charge < -0.3 is 16.9 Å². The van der Waals surface area contributed by atoms with Gasteiger partial charge in [0.05, 0.1) is 22.8 Å². The molecule has 0 amide bonds. The van der Waals surface area contributed by atoms with Gasteiger partial charge in [0.1, 0.15) is 0 Å². The molecule has 1 spiro atoms. The van der Waals surface area contributed by atoms with Crippen molar-refractivity contribution in [2.75, 3.05) is 0 Å². The molecule has 0 unspecified atom stereocenters. The monoisotopic (exact) mass is 492 g/mol. The van der Waals surface area contributed by atoms with Gasteiger partial charge in [-0.25, -0.2) is 0 Å². The third kappa shape index (κ3) is 1.84. The van der Waals surface area contributed by atoms with Crippen molar-refractivity contribution in [3.8, 4) is 22.8 Å². The van der Waals surface area contributed by atoms with E-state index in [4.69, 9.17) is 0 Å². The molecule has 0 aromatic carbocycles. The smallest absolute Gasteiger partial charge is 0.313 e. The van der Waals surface area contributed by atoms with Crippen molar-refractivity contribution in [3.63, 3.8) is 0 Å². The highest BCUT2D eigenvalue weighted by Crippen LogP contribution is 2.51. The number of aromatic nitrogens is 8. The minimum absolute atomic E-state index is 1.14. The summed E-state index contributed by atoms with van der Waals surface area (Å²) in [5.74, 6) is 0. The molecule has 0 saturated carbocycles. The molecule has 2 aliphatic heterocycles. The third-order valence-electron chi connectivity index (χ3n) is 8.13. The molecule has 0 aliphatic carbocycles. The minimum atomic E-state index is -3.05. The number of hydrogen-bond acceptors (Lipinski definition) is 4. The molecule has 0 atom stereocenters. The Balaban J connectivity index is 1.56. The lowest BCUT2D eigenvalue weighted by molar-refractivity contribution is 0.959. The second-order valence-corrected chi connectivity index (χ2v) is 12.8. The molecule has 10 rings (SSSR count). The Morgan fingerprint density at radius 1 is 0.405 bits per heavy atom. The lowest BCUT2D eigenvalue weighted by Crippen LogP contribution is -2.59. The van der Waals surface area contributed by atoms with Crippen molar-refractivity contribution in [2.24, 2.45) is 0 Å². The van der Waals surface area contributed by atoms with E-state index in [2.05, 4.69) is 85.4 Å². The van der Waals surface area contributed by atoms with Gasteiger partial charge in [0.25, 0.3) is 0 Å². The summed E-state index contributed by atoms with van der Waals surface area (Å²) in [6, 6.07) is 17.8. The maximum Gasteiger partial charge on any atom is 0.522 e. The Kier molecular flexibility index (Phi) is 2.89. The average molecular weight is 493 g/mol. The highest BCUT2D eigenvalue weighted by atomic mass is 28.4. The zero-order chi connectivity index (χ0) is 23.9. The van der Waals surface area contributed by atoms with Crippen molar-refractivity contribution in [1.82, 2.24) is 36.9 Å². The van der Waals surface area contributed by atoms with E-state index in [9.17, 15) is 0 Å². The first-order chi connectivity index (χ1) is 18.4. The molecule has 172 valence electrons. The predicted molar refractivity (Wildman–Crippen MR) is 144 cm³/mol. The van der Waals surface area contributed by atoms with Crippen LogP contribution in [0.3, 0.4) is 0 Å². The van der Waals surface area contributed by atoms with E-state index >= 15 is 0 Å². The maximum atomic E-state index is 4.46. The van der Waals surface area contributed by atoms with Crippen molar-refractivity contribution in [2.45, 2.75) is 0 Å². The van der Waals surface area contributed by atoms with Gasteiger partial charge in [-0.15, -0.1) is 0 Å². The Morgan fingerprint density at radius 3 is 0.946 bits per heavy atom. The van der Waals surface area contributed by atoms with Crippen LogP contribution >= 0.6 is 0 Å². The molecule has 10 heterocycles. The third-order valence-corrected chi connectivity index (χ3v) is 12.5. The standard InChI is InChI=1S/C28H16N8Si/c1-5-29-13-17-9-25-26-10-18-14-30-6-2-22(18)34(26)37(33(25)21(1)17)35-23-3-7-31-15-19(23)11-27(35)28-12-20-16-32-8-4-24(20)36(28)37/h1-16H. The van der Waals surface area contributed by atoms with Crippen LogP contribution < -0.4 is 0 Å². The minimum Gasteiger partial charge on any atom is -0.313 e. The number of nitrogens with zero attached hydrogens (tertiary/aromatic N) is 8. The largest absolute Gasteiger partial charge is 0.522 e. The van der Waals surface area contributed by atoms with Gasteiger partial charge in [-0.3, -0.25) is 19.9 Å². The van der Waals surface area contributed by atoms with E-state index in [0.717, 1.165) is 21.5 Å². The van der Waals surface area contributed by atoms with E-state index < -0.39 is 8.72 Å². The number of rotatable bonds is 0. The van der Waals surface area contributed by atoms with Crippen LogP contribution in [0, 0.1) is 0 Å². The summed E-state index contributed by atoms with van der Waals surface area (Å²) in [5.41, 5.74) is 9.57. The second-order valence-electron chi connectivity index (χ2n) is 9.80. The van der Waals surface area contributed by atoms with E-state index in [1.807, 2.05) is 49.6 Å². The van der Waals surface area contributed by atoms with Crippen LogP contribution in [0.1, 0.15) is 0 Å². The Bertz CT molecular complexity index is 1960. The molecule has 2 aliphatic rings. The van der Waals surface area contributed by atoms with E-state index in [1.165, 1.54) is 44.8 Å². The molecule has 0 radical (unpaired) electrons. The summed E-state index contributed by atoms with van der Waals surface area (Å²) in [4.78, 5) is 17.9. The summed E-state index contributed by atoms with van der Waals surface area (Å²) >= 11 is 0. The van der Waals surface area contributed by atoms with Crippen LogP contribution in [0.4, 0.5) is 0 Å². The van der Waals surface area contributed by atoms with Gasteiger partial charge in [0.2, 0.25) is 0 Å². The van der Waals surface area contributed by atoms with Crippen LogP contribution in [0.25, 0.3) is 66.4 Å². The lowest BCUT2D eigenvalue weighted by atomic mass is 10.2. The van der Waals surface area contributed by atoms with Crippen molar-refractivity contribution in [1.29, 1.82) is 0 Å². The molecular formula is C28H16N8Si. The molecule has 8 aromatic heterocycles. The predicted octanol–water partition coefficient (Wildman–Crippen LogP) is 4.97. The normalized spacial score (nSPS) is 14.7. The summed E-state index contributed by atoms with van der Waals surface area (Å²) < 4.78 is 10.4. The molecule has 0 saturated heterocycles. The fraction of sp³-hybridized carbons (Fsp3) is 0. The van der Waals surface area contributed by atoms with E-state index in [0.29, 0.717) is 0 Å². The molecule has 37 heavy (non-hydrogen) atoms. The van der Waals surface area contributed by atoms with E-state index in [1.54, 1.807) is 0 Å². The highest BCUT2D eigenvalue weighted by Gasteiger charge is 2.60. The highest BCUT2D eigenvalue weighted by molar-refractivity contribution is 6.81. The SMILES string of the molecule is c1cc2c(cn1)cc1n2[Si]2(n3c-1cc1cnccc13)n1c(cc3cnccc31)-c1cc3cnccc3n12. The first-order valence-corrected chi connectivity index (χ1v) is 14.0. The van der Waals surface area contributed by atoms with E-state index in [-0.39, 0.29) is 0 Å². The fourth-order valence-electron chi connectivity index (χ4n) is 6.87. The van der Waals surface area contributed by atoms with Crippen LogP contribution in [0.15, 0.2) is 98.1 Å². The molecule has 8 aromatic rings. The number of fused-ring (bicyclic) bond motifs is 18. The average Bonchev–Trinajstić information content (AvgIpc) is 3.74. The Morgan fingerprint density at radius 2 is 0.676 bits per heavy atom. The van der Waals surface area contributed by atoms with Crippen LogP contribution in [0.5, 0.6) is 0 Å². The summed E-state index contributed by atoms with van der Waals surface area (Å²) in [6.45, 7) is 0. The molecule has 0 N–H and O–H groups in total. The first kappa shape index (κ1) is 18.3. The fourth-order valence-corrected chi connectivity index (χ4v) is 12.2. The van der Waals surface area contributed by atoms with Crippen LogP contribution in [0.2, 0.25) is 0 Å². The number of pyridine rings is 4. The zero-order valence-electron chi connectivity index (χ0n) is 19.3. The summed E-state index contributed by atoms with van der Waals surface area (Å²) in [7, 11) is -3.05. The van der Waals surface area contributed by atoms with Gasteiger partial charge in [0.15, 0.2) is 0 Å². The second kappa shape index (κ2) is 5.85. The first-order valence-electron chi connectivity index (χ1n) is 12.2.